The molecule has 1 aliphatic rings. The molecule has 0 bridgehead atoms. The average molecular weight is 339 g/mol. The lowest BCUT2D eigenvalue weighted by Gasteiger charge is -2.27. The minimum Gasteiger partial charge on any atom is -0.483 e. The second-order valence-corrected chi connectivity index (χ2v) is 8.48. The zero-order chi connectivity index (χ0) is 17.2. The topological polar surface area (TPSA) is 63.7 Å². The van der Waals surface area contributed by atoms with Crippen LogP contribution in [-0.2, 0) is 14.6 Å². The molecule has 0 aromatic heterocycles. The van der Waals surface area contributed by atoms with Gasteiger partial charge in [0.2, 0.25) is 0 Å². The maximum atomic E-state index is 12.4. The Morgan fingerprint density at radius 2 is 1.87 bits per heavy atom. The summed E-state index contributed by atoms with van der Waals surface area (Å²) < 4.78 is 29.0. The van der Waals surface area contributed by atoms with Gasteiger partial charge in [-0.15, -0.1) is 0 Å². The molecular formula is C17H25NO4S. The fourth-order valence-corrected chi connectivity index (χ4v) is 5.00. The molecule has 1 aromatic carbocycles. The summed E-state index contributed by atoms with van der Waals surface area (Å²) in [6.07, 6.45) is 0.518. The van der Waals surface area contributed by atoms with E-state index in [1.807, 2.05) is 39.8 Å². The Morgan fingerprint density at radius 1 is 1.26 bits per heavy atom. The zero-order valence-electron chi connectivity index (χ0n) is 14.3. The van der Waals surface area contributed by atoms with Crippen LogP contribution >= 0.6 is 0 Å². The molecule has 0 radical (unpaired) electrons. The number of rotatable bonds is 5. The van der Waals surface area contributed by atoms with Gasteiger partial charge in [-0.2, -0.15) is 0 Å². The Hall–Kier alpha value is -1.56. The Balaban J connectivity index is 2.04. The van der Waals surface area contributed by atoms with Gasteiger partial charge in [0.05, 0.1) is 11.5 Å². The highest BCUT2D eigenvalue weighted by Gasteiger charge is 2.34. The molecule has 1 heterocycles. The molecule has 0 spiro atoms. The lowest BCUT2D eigenvalue weighted by molar-refractivity contribution is -0.135. The van der Waals surface area contributed by atoms with E-state index in [2.05, 4.69) is 0 Å². The maximum Gasteiger partial charge on any atom is 0.260 e. The molecule has 1 atom stereocenters. The van der Waals surface area contributed by atoms with Crippen LogP contribution in [0.4, 0.5) is 0 Å². The lowest BCUT2D eigenvalue weighted by Crippen LogP contribution is -2.43. The van der Waals surface area contributed by atoms with Crippen molar-refractivity contribution in [1.82, 2.24) is 4.90 Å². The number of aryl methyl sites for hydroxylation is 3. The molecule has 1 amide bonds. The number of hydrogen-bond donors (Lipinski definition) is 0. The molecule has 1 aliphatic heterocycles. The Bertz CT molecular complexity index is 674. The number of benzene rings is 1. The third kappa shape index (κ3) is 4.25. The van der Waals surface area contributed by atoms with Crippen molar-refractivity contribution >= 4 is 15.7 Å². The van der Waals surface area contributed by atoms with Gasteiger partial charge in [-0.05, 0) is 45.2 Å². The van der Waals surface area contributed by atoms with Crippen LogP contribution in [-0.4, -0.2) is 49.9 Å². The van der Waals surface area contributed by atoms with Crippen LogP contribution in [0.2, 0.25) is 0 Å². The molecule has 1 saturated heterocycles. The fourth-order valence-electron chi connectivity index (χ4n) is 3.27. The minimum absolute atomic E-state index is 0.0604. The van der Waals surface area contributed by atoms with Gasteiger partial charge in [0.25, 0.3) is 5.91 Å². The molecule has 0 aliphatic carbocycles. The summed E-state index contributed by atoms with van der Waals surface area (Å²) in [5.74, 6) is 0.807. The molecule has 23 heavy (non-hydrogen) atoms. The summed E-state index contributed by atoms with van der Waals surface area (Å²) in [6.45, 7) is 8.24. The monoisotopic (exact) mass is 339 g/mol. The summed E-state index contributed by atoms with van der Waals surface area (Å²) in [4.78, 5) is 14.1. The standard InChI is InChI=1S/C17H25NO4S/c1-5-18(15-6-7-23(20,21)11-15)16(19)10-22-17-13(3)8-12(2)9-14(17)4/h8-9,15H,5-7,10-11H2,1-4H3. The number of amides is 1. The summed E-state index contributed by atoms with van der Waals surface area (Å²) in [6, 6.07) is 3.82. The van der Waals surface area contributed by atoms with Crippen molar-refractivity contribution in [3.63, 3.8) is 0 Å². The SMILES string of the molecule is CCN(C(=O)COc1c(C)cc(C)cc1C)C1CCS(=O)(=O)C1. The maximum absolute atomic E-state index is 12.4. The molecule has 5 nitrogen and oxygen atoms in total. The highest BCUT2D eigenvalue weighted by atomic mass is 32.2. The van der Waals surface area contributed by atoms with Crippen molar-refractivity contribution in [2.45, 2.75) is 40.2 Å². The lowest BCUT2D eigenvalue weighted by atomic mass is 10.1. The van der Waals surface area contributed by atoms with Crippen LogP contribution in [0, 0.1) is 20.8 Å². The van der Waals surface area contributed by atoms with Crippen LogP contribution in [0.1, 0.15) is 30.0 Å². The summed E-state index contributed by atoms with van der Waals surface area (Å²) in [5, 5.41) is 0. The first-order chi connectivity index (χ1) is 10.7. The van der Waals surface area contributed by atoms with Crippen molar-refractivity contribution in [3.8, 4) is 5.75 Å². The van der Waals surface area contributed by atoms with Crippen molar-refractivity contribution in [2.24, 2.45) is 0 Å². The third-order valence-electron chi connectivity index (χ3n) is 4.25. The minimum atomic E-state index is -3.00. The predicted molar refractivity (Wildman–Crippen MR) is 90.6 cm³/mol. The molecule has 1 fully saturated rings. The number of carbonyl (C=O) groups excluding carboxylic acids is 1. The van der Waals surface area contributed by atoms with E-state index >= 15 is 0 Å². The molecular weight excluding hydrogens is 314 g/mol. The number of ether oxygens (including phenoxy) is 1. The van der Waals surface area contributed by atoms with E-state index in [9.17, 15) is 13.2 Å². The van der Waals surface area contributed by atoms with Crippen LogP contribution in [0.3, 0.4) is 0 Å². The molecule has 6 heteroatoms. The number of hydrogen-bond acceptors (Lipinski definition) is 4. The second kappa shape index (κ2) is 6.91. The van der Waals surface area contributed by atoms with E-state index in [0.717, 1.165) is 22.4 Å². The second-order valence-electron chi connectivity index (χ2n) is 6.25. The summed E-state index contributed by atoms with van der Waals surface area (Å²) in [5.41, 5.74) is 3.16. The van der Waals surface area contributed by atoms with Crippen molar-refractivity contribution in [1.29, 1.82) is 0 Å². The number of likely N-dealkylation sites (N-methyl/N-ethyl adjacent to an activating group) is 1. The van der Waals surface area contributed by atoms with Gasteiger partial charge in [0.1, 0.15) is 5.75 Å². The first-order valence-corrected chi connectivity index (χ1v) is 9.76. The number of nitrogens with zero attached hydrogens (tertiary/aromatic N) is 1. The average Bonchev–Trinajstić information content (AvgIpc) is 2.78. The van der Waals surface area contributed by atoms with Gasteiger partial charge in [-0.25, -0.2) is 8.42 Å². The number of sulfone groups is 1. The van der Waals surface area contributed by atoms with Gasteiger partial charge < -0.3 is 9.64 Å². The third-order valence-corrected chi connectivity index (χ3v) is 6.01. The highest BCUT2D eigenvalue weighted by Crippen LogP contribution is 2.25. The fraction of sp³-hybridized carbons (Fsp3) is 0.588. The van der Waals surface area contributed by atoms with Gasteiger partial charge in [0.15, 0.2) is 16.4 Å². The predicted octanol–water partition coefficient (Wildman–Crippen LogP) is 2.03. The van der Waals surface area contributed by atoms with Crippen LogP contribution in [0.15, 0.2) is 12.1 Å². The van der Waals surface area contributed by atoms with E-state index in [1.165, 1.54) is 0 Å². The Morgan fingerprint density at radius 3 is 2.35 bits per heavy atom. The number of carbonyl (C=O) groups is 1. The van der Waals surface area contributed by atoms with E-state index in [4.69, 9.17) is 4.74 Å². The van der Waals surface area contributed by atoms with Crippen LogP contribution in [0.25, 0.3) is 0 Å². The highest BCUT2D eigenvalue weighted by molar-refractivity contribution is 7.91. The normalized spacial score (nSPS) is 19.6. The van der Waals surface area contributed by atoms with Gasteiger partial charge >= 0.3 is 0 Å². The van der Waals surface area contributed by atoms with Crippen LogP contribution in [0.5, 0.6) is 5.75 Å². The van der Waals surface area contributed by atoms with Crippen molar-refractivity contribution < 1.29 is 17.9 Å². The van der Waals surface area contributed by atoms with E-state index < -0.39 is 9.84 Å². The molecule has 2 rings (SSSR count). The van der Waals surface area contributed by atoms with E-state index in [0.29, 0.717) is 13.0 Å². The Labute approximate surface area is 138 Å². The van der Waals surface area contributed by atoms with Gasteiger partial charge in [-0.3, -0.25) is 4.79 Å². The molecule has 0 saturated carbocycles. The summed E-state index contributed by atoms with van der Waals surface area (Å²) >= 11 is 0. The molecule has 128 valence electrons. The Kier molecular flexibility index (Phi) is 5.34. The summed E-state index contributed by atoms with van der Waals surface area (Å²) in [7, 11) is -3.00. The van der Waals surface area contributed by atoms with Gasteiger partial charge in [-0.1, -0.05) is 17.7 Å². The molecule has 1 aromatic rings. The van der Waals surface area contributed by atoms with E-state index in [1.54, 1.807) is 4.90 Å². The van der Waals surface area contributed by atoms with Crippen LogP contribution < -0.4 is 4.74 Å². The first kappa shape index (κ1) is 17.8. The first-order valence-electron chi connectivity index (χ1n) is 7.94. The van der Waals surface area contributed by atoms with Crippen molar-refractivity contribution in [3.05, 3.63) is 28.8 Å². The van der Waals surface area contributed by atoms with E-state index in [-0.39, 0.29) is 30.1 Å². The zero-order valence-corrected chi connectivity index (χ0v) is 15.1. The van der Waals surface area contributed by atoms with Crippen molar-refractivity contribution in [2.75, 3.05) is 24.7 Å². The van der Waals surface area contributed by atoms with Gasteiger partial charge in [0, 0.05) is 12.6 Å². The smallest absolute Gasteiger partial charge is 0.260 e. The molecule has 1 unspecified atom stereocenters. The molecule has 0 N–H and O–H groups in total. The largest absolute Gasteiger partial charge is 0.483 e. The quantitative estimate of drug-likeness (QED) is 0.823.